The average molecular weight is 379 g/mol. The van der Waals surface area contributed by atoms with Crippen molar-refractivity contribution < 1.29 is 18.1 Å². The van der Waals surface area contributed by atoms with Crippen molar-refractivity contribution in [1.82, 2.24) is 0 Å². The first kappa shape index (κ1) is 19.5. The predicted octanol–water partition coefficient (Wildman–Crippen LogP) is 4.24. The Morgan fingerprint density at radius 3 is 2.28 bits per heavy atom. The third-order valence-corrected chi connectivity index (χ3v) is 5.11. The summed E-state index contributed by atoms with van der Waals surface area (Å²) in [5.41, 5.74) is 1.08. The van der Waals surface area contributed by atoms with Gasteiger partial charge in [-0.05, 0) is 63.9 Å². The number of rotatable bonds is 5. The van der Waals surface area contributed by atoms with Crippen LogP contribution >= 0.6 is 0 Å². The van der Waals surface area contributed by atoms with E-state index in [1.54, 1.807) is 6.07 Å². The summed E-state index contributed by atoms with van der Waals surface area (Å²) in [6, 6.07) is 5.49. The van der Waals surface area contributed by atoms with Gasteiger partial charge < -0.3 is 13.3 Å². The Kier molecular flexibility index (Phi) is 5.29. The van der Waals surface area contributed by atoms with Crippen molar-refractivity contribution >= 4 is 33.6 Å². The second-order valence-corrected chi connectivity index (χ2v) is 17.0. The molecular formula is C18H26O5Si2. The summed E-state index contributed by atoms with van der Waals surface area (Å²) in [5, 5.41) is 0.804. The molecular weight excluding hydrogens is 352 g/mol. The van der Waals surface area contributed by atoms with Gasteiger partial charge in [-0.1, -0.05) is 0 Å². The minimum Gasteiger partial charge on any atom is -0.544 e. The van der Waals surface area contributed by atoms with Crippen LogP contribution in [0.5, 0.6) is 5.75 Å². The minimum absolute atomic E-state index is 0.0679. The largest absolute Gasteiger partial charge is 0.544 e. The van der Waals surface area contributed by atoms with Crippen molar-refractivity contribution in [3.05, 3.63) is 39.7 Å². The molecule has 0 aliphatic heterocycles. The Morgan fingerprint density at radius 1 is 1.08 bits per heavy atom. The highest BCUT2D eigenvalue weighted by atomic mass is 28.4. The molecule has 2 aromatic rings. The van der Waals surface area contributed by atoms with E-state index in [2.05, 4.69) is 19.6 Å². The number of carbonyl (C=O) groups is 1. The standard InChI is InChI=1S/C18H26O5Si2/c1-12-14-9-8-13(22-24(2,3)4)10-16(14)21-18(20)15(12)11-17(19)23-25(5,6)7/h8-10H,11H2,1-7H3. The molecule has 1 aromatic carbocycles. The minimum atomic E-state index is -1.99. The fraction of sp³-hybridized carbons (Fsp3) is 0.444. The third-order valence-electron chi connectivity index (χ3n) is 3.42. The van der Waals surface area contributed by atoms with Crippen molar-refractivity contribution in [2.75, 3.05) is 0 Å². The summed E-state index contributed by atoms with van der Waals surface area (Å²) >= 11 is 0. The average Bonchev–Trinajstić information content (AvgIpc) is 2.39. The van der Waals surface area contributed by atoms with Gasteiger partial charge in [0.05, 0.1) is 12.0 Å². The van der Waals surface area contributed by atoms with E-state index in [1.165, 1.54) is 0 Å². The number of fused-ring (bicyclic) bond motifs is 1. The second kappa shape index (κ2) is 6.80. The van der Waals surface area contributed by atoms with Crippen LogP contribution in [0.1, 0.15) is 11.1 Å². The van der Waals surface area contributed by atoms with E-state index in [4.69, 9.17) is 13.3 Å². The van der Waals surface area contributed by atoms with Crippen LogP contribution in [-0.2, 0) is 15.6 Å². The number of hydrogen-bond donors (Lipinski definition) is 0. The van der Waals surface area contributed by atoms with Gasteiger partial charge >= 0.3 is 5.63 Å². The summed E-state index contributed by atoms with van der Waals surface area (Å²) in [7, 11) is -3.73. The third kappa shape index (κ3) is 5.30. The van der Waals surface area contributed by atoms with Gasteiger partial charge in [0.15, 0.2) is 0 Å². The molecule has 0 spiro atoms. The van der Waals surface area contributed by atoms with Crippen LogP contribution in [0.3, 0.4) is 0 Å². The lowest BCUT2D eigenvalue weighted by atomic mass is 10.0. The summed E-state index contributed by atoms with van der Waals surface area (Å²) in [6.45, 7) is 13.9. The van der Waals surface area contributed by atoms with E-state index in [0.717, 1.165) is 10.9 Å². The molecule has 0 N–H and O–H groups in total. The van der Waals surface area contributed by atoms with Gasteiger partial charge in [-0.2, -0.15) is 0 Å². The van der Waals surface area contributed by atoms with Gasteiger partial charge in [-0.25, -0.2) is 4.79 Å². The number of aryl methyl sites for hydroxylation is 1. The van der Waals surface area contributed by atoms with Gasteiger partial charge in [0, 0.05) is 11.5 Å². The van der Waals surface area contributed by atoms with Crippen molar-refractivity contribution in [2.24, 2.45) is 0 Å². The molecule has 0 radical (unpaired) electrons. The molecule has 0 amide bonds. The molecule has 1 aromatic heterocycles. The zero-order valence-corrected chi connectivity index (χ0v) is 18.0. The Balaban J connectivity index is 2.40. The van der Waals surface area contributed by atoms with Gasteiger partial charge in [0.1, 0.15) is 11.3 Å². The SMILES string of the molecule is Cc1c(CC(=O)O[Si](C)(C)C)c(=O)oc2cc(O[Si](C)(C)C)ccc12. The molecule has 0 atom stereocenters. The van der Waals surface area contributed by atoms with Gasteiger partial charge in [0.2, 0.25) is 16.6 Å². The van der Waals surface area contributed by atoms with Crippen LogP contribution in [0.25, 0.3) is 11.0 Å². The molecule has 0 fully saturated rings. The lowest BCUT2D eigenvalue weighted by molar-refractivity contribution is -0.134. The zero-order valence-electron chi connectivity index (χ0n) is 16.0. The molecule has 7 heteroatoms. The van der Waals surface area contributed by atoms with Crippen molar-refractivity contribution in [3.63, 3.8) is 0 Å². The summed E-state index contributed by atoms with van der Waals surface area (Å²) in [5.74, 6) is 0.313. The summed E-state index contributed by atoms with van der Waals surface area (Å²) in [6.07, 6.45) is -0.0679. The maximum Gasteiger partial charge on any atom is 0.340 e. The van der Waals surface area contributed by atoms with Crippen molar-refractivity contribution in [3.8, 4) is 5.75 Å². The molecule has 5 nitrogen and oxygen atoms in total. The van der Waals surface area contributed by atoms with E-state index < -0.39 is 22.3 Å². The fourth-order valence-electron chi connectivity index (χ4n) is 2.52. The first-order chi connectivity index (χ1) is 11.4. The lowest BCUT2D eigenvalue weighted by Gasteiger charge is -2.19. The Hall–Kier alpha value is -1.87. The van der Waals surface area contributed by atoms with Crippen LogP contribution < -0.4 is 10.1 Å². The molecule has 25 heavy (non-hydrogen) atoms. The van der Waals surface area contributed by atoms with Crippen LogP contribution in [0.2, 0.25) is 39.3 Å². The van der Waals surface area contributed by atoms with Gasteiger partial charge in [-0.15, -0.1) is 0 Å². The van der Waals surface area contributed by atoms with E-state index >= 15 is 0 Å². The molecule has 1 heterocycles. The van der Waals surface area contributed by atoms with Crippen molar-refractivity contribution in [1.29, 1.82) is 0 Å². The van der Waals surface area contributed by atoms with E-state index in [9.17, 15) is 9.59 Å². The number of carbonyl (C=O) groups excluding carboxylic acids is 1. The molecule has 2 rings (SSSR count). The van der Waals surface area contributed by atoms with E-state index in [0.29, 0.717) is 16.9 Å². The quantitative estimate of drug-likeness (QED) is 0.575. The topological polar surface area (TPSA) is 65.7 Å². The number of benzene rings is 1. The molecule has 0 saturated carbocycles. The van der Waals surface area contributed by atoms with Crippen LogP contribution in [0.4, 0.5) is 0 Å². The highest BCUT2D eigenvalue weighted by molar-refractivity contribution is 6.71. The zero-order chi connectivity index (χ0) is 19.0. The Morgan fingerprint density at radius 2 is 1.72 bits per heavy atom. The Bertz CT molecular complexity index is 857. The maximum absolute atomic E-state index is 12.4. The van der Waals surface area contributed by atoms with Gasteiger partial charge in [-0.3, -0.25) is 4.79 Å². The number of hydrogen-bond acceptors (Lipinski definition) is 5. The van der Waals surface area contributed by atoms with Crippen molar-refractivity contribution in [2.45, 2.75) is 52.6 Å². The highest BCUT2D eigenvalue weighted by Gasteiger charge is 2.23. The summed E-state index contributed by atoms with van der Waals surface area (Å²) < 4.78 is 16.8. The Labute approximate surface area is 150 Å². The molecule has 0 aliphatic carbocycles. The second-order valence-electron chi connectivity index (χ2n) is 8.13. The highest BCUT2D eigenvalue weighted by Crippen LogP contribution is 2.26. The van der Waals surface area contributed by atoms with E-state index in [-0.39, 0.29) is 12.4 Å². The first-order valence-corrected chi connectivity index (χ1v) is 15.1. The molecule has 0 saturated heterocycles. The van der Waals surface area contributed by atoms with E-state index in [1.807, 2.05) is 38.7 Å². The first-order valence-electron chi connectivity index (χ1n) is 8.33. The lowest BCUT2D eigenvalue weighted by Crippen LogP contribution is -2.31. The molecule has 0 bridgehead atoms. The van der Waals surface area contributed by atoms with Crippen LogP contribution in [0, 0.1) is 6.92 Å². The smallest absolute Gasteiger partial charge is 0.340 e. The maximum atomic E-state index is 12.4. The molecule has 0 aliphatic rings. The van der Waals surface area contributed by atoms with Crippen LogP contribution in [-0.4, -0.2) is 22.6 Å². The predicted molar refractivity (Wildman–Crippen MR) is 104 cm³/mol. The fourth-order valence-corrected chi connectivity index (χ4v) is 4.11. The van der Waals surface area contributed by atoms with Crippen LogP contribution in [0.15, 0.2) is 27.4 Å². The summed E-state index contributed by atoms with van der Waals surface area (Å²) in [4.78, 5) is 24.5. The molecule has 136 valence electrons. The normalized spacial score (nSPS) is 12.3. The monoisotopic (exact) mass is 378 g/mol. The van der Waals surface area contributed by atoms with Gasteiger partial charge in [0.25, 0.3) is 5.97 Å². The molecule has 0 unspecified atom stereocenters.